The van der Waals surface area contributed by atoms with Gasteiger partial charge in [0, 0.05) is 44.2 Å². The van der Waals surface area contributed by atoms with Gasteiger partial charge in [0.15, 0.2) is 5.82 Å². The molecule has 1 aromatic heterocycles. The number of alkyl halides is 2. The summed E-state index contributed by atoms with van der Waals surface area (Å²) in [4.78, 5) is 7.26. The van der Waals surface area contributed by atoms with Crippen LogP contribution >= 0.6 is 22.9 Å². The molecule has 0 amide bonds. The summed E-state index contributed by atoms with van der Waals surface area (Å²) in [6, 6.07) is 8.75. The number of nitrogens with one attached hydrogen (secondary N) is 1. The van der Waals surface area contributed by atoms with Crippen molar-refractivity contribution >= 4 is 44.5 Å². The summed E-state index contributed by atoms with van der Waals surface area (Å²) in [7, 11) is -2.43. The maximum Gasteiger partial charge on any atom is 0.387 e. The van der Waals surface area contributed by atoms with Gasteiger partial charge in [-0.15, -0.1) is 11.3 Å². The molecule has 0 aliphatic carbocycles. The molecule has 35 heavy (non-hydrogen) atoms. The van der Waals surface area contributed by atoms with Crippen LogP contribution in [0.5, 0.6) is 5.75 Å². The van der Waals surface area contributed by atoms with Crippen LogP contribution in [-0.2, 0) is 16.6 Å². The van der Waals surface area contributed by atoms with Crippen molar-refractivity contribution < 1.29 is 26.3 Å². The second-order valence-corrected chi connectivity index (χ2v) is 10.8. The standard InChI is InChI=1S/C22H22ClF3N4O3S2/c1-29(15-5-6-30(11-15)10-14-3-2-4-16(7-14)33-22(25)26)19-9-18(24)20(8-17(19)23)35(31,32)28-21-12-34-13-27-21/h2-4,7-9,12-13,15,22,28H,5-6,10-11H2,1H3/t15-/m0/s1. The van der Waals surface area contributed by atoms with Crippen LogP contribution in [0.25, 0.3) is 0 Å². The van der Waals surface area contributed by atoms with E-state index in [0.29, 0.717) is 18.8 Å². The minimum Gasteiger partial charge on any atom is -0.435 e. The Balaban J connectivity index is 1.44. The van der Waals surface area contributed by atoms with E-state index in [0.717, 1.165) is 30.7 Å². The van der Waals surface area contributed by atoms with Crippen LogP contribution in [0.15, 0.2) is 52.2 Å². The van der Waals surface area contributed by atoms with E-state index in [2.05, 4.69) is 19.3 Å². The van der Waals surface area contributed by atoms with E-state index in [9.17, 15) is 21.6 Å². The minimum atomic E-state index is -4.20. The number of rotatable bonds is 9. The normalized spacial score (nSPS) is 16.6. The number of sulfonamides is 1. The van der Waals surface area contributed by atoms with Crippen LogP contribution in [0, 0.1) is 5.82 Å². The zero-order valence-electron chi connectivity index (χ0n) is 18.5. The number of hydrogen-bond acceptors (Lipinski definition) is 7. The van der Waals surface area contributed by atoms with Gasteiger partial charge in [-0.1, -0.05) is 23.7 Å². The Labute approximate surface area is 210 Å². The Bertz CT molecular complexity index is 1280. The molecule has 1 aliphatic heterocycles. The molecule has 1 N–H and O–H groups in total. The fraction of sp³-hybridized carbons (Fsp3) is 0.318. The first kappa shape index (κ1) is 25.5. The maximum absolute atomic E-state index is 14.9. The van der Waals surface area contributed by atoms with E-state index < -0.39 is 27.3 Å². The predicted octanol–water partition coefficient (Wildman–Crippen LogP) is 5.05. The fourth-order valence-corrected chi connectivity index (χ4v) is 6.00. The number of halogens is 4. The number of anilines is 2. The van der Waals surface area contributed by atoms with Crippen molar-refractivity contribution in [1.29, 1.82) is 0 Å². The van der Waals surface area contributed by atoms with Crippen molar-refractivity contribution in [3.8, 4) is 5.75 Å². The van der Waals surface area contributed by atoms with Gasteiger partial charge in [-0.25, -0.2) is 17.8 Å². The van der Waals surface area contributed by atoms with Crippen LogP contribution in [0.2, 0.25) is 5.02 Å². The fourth-order valence-electron chi connectivity index (χ4n) is 4.00. The Morgan fingerprint density at radius 3 is 2.86 bits per heavy atom. The van der Waals surface area contributed by atoms with Gasteiger partial charge < -0.3 is 9.64 Å². The number of benzene rings is 2. The van der Waals surface area contributed by atoms with Crippen LogP contribution in [-0.4, -0.2) is 51.1 Å². The third-order valence-corrected chi connectivity index (χ3v) is 7.93. The lowest BCUT2D eigenvalue weighted by atomic mass is 10.2. The Morgan fingerprint density at radius 1 is 1.34 bits per heavy atom. The van der Waals surface area contributed by atoms with Gasteiger partial charge in [0.1, 0.15) is 16.5 Å². The summed E-state index contributed by atoms with van der Waals surface area (Å²) in [5.41, 5.74) is 2.66. The summed E-state index contributed by atoms with van der Waals surface area (Å²) >= 11 is 7.59. The van der Waals surface area contributed by atoms with Crippen molar-refractivity contribution in [3.05, 3.63) is 63.7 Å². The van der Waals surface area contributed by atoms with Crippen molar-refractivity contribution in [1.82, 2.24) is 9.88 Å². The zero-order valence-corrected chi connectivity index (χ0v) is 20.9. The minimum absolute atomic E-state index is 0.0111. The molecule has 0 spiro atoms. The second-order valence-electron chi connectivity index (χ2n) is 8.03. The van der Waals surface area contributed by atoms with E-state index in [1.807, 2.05) is 11.0 Å². The average molecular weight is 547 g/mol. The molecular formula is C22H22ClF3N4O3S2. The molecular weight excluding hydrogens is 525 g/mol. The number of likely N-dealkylation sites (N-methyl/N-ethyl adjacent to an activating group) is 1. The lowest BCUT2D eigenvalue weighted by molar-refractivity contribution is -0.0499. The van der Waals surface area contributed by atoms with E-state index in [4.69, 9.17) is 11.6 Å². The smallest absolute Gasteiger partial charge is 0.387 e. The number of nitrogens with zero attached hydrogens (tertiary/aromatic N) is 3. The molecule has 0 radical (unpaired) electrons. The summed E-state index contributed by atoms with van der Waals surface area (Å²) in [5.74, 6) is -0.722. The van der Waals surface area contributed by atoms with Gasteiger partial charge in [-0.3, -0.25) is 9.62 Å². The quantitative estimate of drug-likeness (QED) is 0.405. The highest BCUT2D eigenvalue weighted by atomic mass is 35.5. The van der Waals surface area contributed by atoms with Gasteiger partial charge in [-0.05, 0) is 30.2 Å². The van der Waals surface area contributed by atoms with Gasteiger partial charge in [0.2, 0.25) is 0 Å². The molecule has 1 aliphatic rings. The van der Waals surface area contributed by atoms with E-state index in [1.54, 1.807) is 19.2 Å². The number of ether oxygens (including phenoxy) is 1. The first-order chi connectivity index (χ1) is 16.6. The number of thiazole rings is 1. The number of likely N-dealkylation sites (tertiary alicyclic amines) is 1. The average Bonchev–Trinajstić information content (AvgIpc) is 3.46. The van der Waals surface area contributed by atoms with Crippen molar-refractivity contribution in [2.24, 2.45) is 0 Å². The lowest BCUT2D eigenvalue weighted by Crippen LogP contribution is -2.34. The molecule has 0 bridgehead atoms. The number of hydrogen-bond donors (Lipinski definition) is 1. The first-order valence-electron chi connectivity index (χ1n) is 10.5. The SMILES string of the molecule is CN(c1cc(F)c(S(=O)(=O)Nc2cscn2)cc1Cl)[C@H]1CCN(Cc2cccc(OC(F)F)c2)C1. The molecule has 1 saturated heterocycles. The zero-order chi connectivity index (χ0) is 25.2. The van der Waals surface area contributed by atoms with Gasteiger partial charge in [-0.2, -0.15) is 8.78 Å². The Morgan fingerprint density at radius 2 is 2.14 bits per heavy atom. The molecule has 0 saturated carbocycles. The van der Waals surface area contributed by atoms with Gasteiger partial charge in [0.25, 0.3) is 10.0 Å². The highest BCUT2D eigenvalue weighted by Crippen LogP contribution is 2.34. The summed E-state index contributed by atoms with van der Waals surface area (Å²) in [6.07, 6.45) is 0.757. The molecule has 3 aromatic rings. The molecule has 4 rings (SSSR count). The van der Waals surface area contributed by atoms with Gasteiger partial charge >= 0.3 is 6.61 Å². The first-order valence-corrected chi connectivity index (χ1v) is 13.3. The predicted molar refractivity (Wildman–Crippen MR) is 129 cm³/mol. The van der Waals surface area contributed by atoms with Crippen molar-refractivity contribution in [2.75, 3.05) is 29.8 Å². The molecule has 2 aromatic carbocycles. The molecule has 1 atom stereocenters. The monoisotopic (exact) mass is 546 g/mol. The molecule has 0 unspecified atom stereocenters. The Kier molecular flexibility index (Phi) is 7.74. The third kappa shape index (κ3) is 6.18. The topological polar surface area (TPSA) is 74.8 Å². The van der Waals surface area contributed by atoms with E-state index >= 15 is 0 Å². The highest BCUT2D eigenvalue weighted by molar-refractivity contribution is 7.92. The van der Waals surface area contributed by atoms with Crippen LogP contribution < -0.4 is 14.4 Å². The summed E-state index contributed by atoms with van der Waals surface area (Å²) in [6.45, 7) is -0.991. The summed E-state index contributed by atoms with van der Waals surface area (Å²) in [5, 5.41) is 1.59. The second kappa shape index (κ2) is 10.6. The van der Waals surface area contributed by atoms with Crippen molar-refractivity contribution in [2.45, 2.75) is 30.5 Å². The number of aromatic nitrogens is 1. The molecule has 7 nitrogen and oxygen atoms in total. The molecule has 188 valence electrons. The largest absolute Gasteiger partial charge is 0.435 e. The van der Waals surface area contributed by atoms with Crippen LogP contribution in [0.4, 0.5) is 24.7 Å². The van der Waals surface area contributed by atoms with E-state index in [1.165, 1.54) is 28.3 Å². The van der Waals surface area contributed by atoms with E-state index in [-0.39, 0.29) is 22.6 Å². The van der Waals surface area contributed by atoms with Crippen LogP contribution in [0.1, 0.15) is 12.0 Å². The maximum atomic E-state index is 14.9. The summed E-state index contributed by atoms with van der Waals surface area (Å²) < 4.78 is 71.7. The molecule has 2 heterocycles. The third-order valence-electron chi connectivity index (χ3n) is 5.67. The molecule has 1 fully saturated rings. The van der Waals surface area contributed by atoms with Crippen LogP contribution in [0.3, 0.4) is 0 Å². The van der Waals surface area contributed by atoms with Gasteiger partial charge in [0.05, 0.1) is 16.2 Å². The molecule has 13 heteroatoms. The lowest BCUT2D eigenvalue weighted by Gasteiger charge is -2.28. The Hall–Kier alpha value is -2.54. The van der Waals surface area contributed by atoms with Crippen molar-refractivity contribution in [3.63, 3.8) is 0 Å². The highest BCUT2D eigenvalue weighted by Gasteiger charge is 2.29.